The van der Waals surface area contributed by atoms with E-state index in [2.05, 4.69) is 20.6 Å². The van der Waals surface area contributed by atoms with Gasteiger partial charge in [0.25, 0.3) is 11.8 Å². The van der Waals surface area contributed by atoms with Gasteiger partial charge in [-0.15, -0.1) is 0 Å². The van der Waals surface area contributed by atoms with Gasteiger partial charge in [0.05, 0.1) is 13.2 Å². The zero-order valence-corrected chi connectivity index (χ0v) is 21.1. The van der Waals surface area contributed by atoms with Gasteiger partial charge in [-0.3, -0.25) is 9.59 Å². The lowest BCUT2D eigenvalue weighted by molar-refractivity contribution is -0.136. The molecule has 0 aliphatic rings. The van der Waals surface area contributed by atoms with Gasteiger partial charge >= 0.3 is 5.97 Å². The number of fused-ring (bicyclic) bond motifs is 1. The van der Waals surface area contributed by atoms with Crippen molar-refractivity contribution in [3.05, 3.63) is 106 Å². The van der Waals surface area contributed by atoms with E-state index in [9.17, 15) is 14.4 Å². The Labute approximate surface area is 214 Å². The second-order valence-corrected chi connectivity index (χ2v) is 8.73. The van der Waals surface area contributed by atoms with E-state index in [1.54, 1.807) is 32.2 Å². The van der Waals surface area contributed by atoms with E-state index in [-0.39, 0.29) is 17.6 Å². The number of hydrogen-bond donors (Lipinski definition) is 3. The standard InChI is InChI=1S/C29H28N4O4/c1-17-14-21(27(34)32-19(3)22-11-7-9-20-8-5-6-10-23(20)22)15-18(2)26(17)28(35)33-24(29(36)37-4)16-25-30-12-13-31-25/h5-16,19H,1-4H3,(H,30,31)(H,32,34)(H,33,35)/t19-/m1/s1. The third-order valence-electron chi connectivity index (χ3n) is 6.11. The molecule has 0 spiro atoms. The van der Waals surface area contributed by atoms with Crippen LogP contribution in [0.1, 0.15) is 56.2 Å². The third kappa shape index (κ3) is 5.59. The Morgan fingerprint density at radius 3 is 2.38 bits per heavy atom. The molecule has 1 heterocycles. The Morgan fingerprint density at radius 2 is 1.70 bits per heavy atom. The van der Waals surface area contributed by atoms with Gasteiger partial charge < -0.3 is 20.4 Å². The Morgan fingerprint density at radius 1 is 1.00 bits per heavy atom. The molecule has 0 radical (unpaired) electrons. The summed E-state index contributed by atoms with van der Waals surface area (Å²) in [6.07, 6.45) is 4.52. The summed E-state index contributed by atoms with van der Waals surface area (Å²) >= 11 is 0. The minimum absolute atomic E-state index is 0.0630. The predicted octanol–water partition coefficient (Wildman–Crippen LogP) is 4.61. The highest BCUT2D eigenvalue weighted by atomic mass is 16.5. The molecule has 0 fully saturated rings. The number of methoxy groups -OCH3 is 1. The summed E-state index contributed by atoms with van der Waals surface area (Å²) in [5.74, 6) is -1.05. The van der Waals surface area contributed by atoms with E-state index in [1.807, 2.05) is 49.4 Å². The molecule has 8 heteroatoms. The number of amides is 2. The Hall–Kier alpha value is -4.72. The topological polar surface area (TPSA) is 113 Å². The second-order valence-electron chi connectivity index (χ2n) is 8.73. The fourth-order valence-corrected chi connectivity index (χ4v) is 4.37. The minimum atomic E-state index is -0.710. The first-order valence-electron chi connectivity index (χ1n) is 11.8. The van der Waals surface area contributed by atoms with E-state index < -0.39 is 11.9 Å². The number of esters is 1. The minimum Gasteiger partial charge on any atom is -0.464 e. The Kier molecular flexibility index (Phi) is 7.48. The van der Waals surface area contributed by atoms with Gasteiger partial charge in [0.2, 0.25) is 0 Å². The maximum Gasteiger partial charge on any atom is 0.354 e. The smallest absolute Gasteiger partial charge is 0.354 e. The van der Waals surface area contributed by atoms with Crippen LogP contribution in [0.5, 0.6) is 0 Å². The number of hydrogen-bond acceptors (Lipinski definition) is 5. The number of imidazole rings is 1. The van der Waals surface area contributed by atoms with Crippen LogP contribution in [0.2, 0.25) is 0 Å². The van der Waals surface area contributed by atoms with E-state index in [0.717, 1.165) is 16.3 Å². The molecule has 8 nitrogen and oxygen atoms in total. The first-order valence-corrected chi connectivity index (χ1v) is 11.8. The number of nitrogens with zero attached hydrogens (tertiary/aromatic N) is 1. The number of H-pyrrole nitrogens is 1. The maximum absolute atomic E-state index is 13.1. The monoisotopic (exact) mass is 496 g/mol. The van der Waals surface area contributed by atoms with Gasteiger partial charge in [0.1, 0.15) is 11.5 Å². The maximum atomic E-state index is 13.1. The predicted molar refractivity (Wildman–Crippen MR) is 142 cm³/mol. The lowest BCUT2D eigenvalue weighted by Gasteiger charge is -2.18. The van der Waals surface area contributed by atoms with Gasteiger partial charge in [0, 0.05) is 29.6 Å². The fourth-order valence-electron chi connectivity index (χ4n) is 4.37. The summed E-state index contributed by atoms with van der Waals surface area (Å²) in [6.45, 7) is 5.45. The van der Waals surface area contributed by atoms with Crippen molar-refractivity contribution in [1.82, 2.24) is 20.6 Å². The van der Waals surface area contributed by atoms with Crippen LogP contribution in [0.3, 0.4) is 0 Å². The zero-order chi connectivity index (χ0) is 26.5. The van der Waals surface area contributed by atoms with E-state index >= 15 is 0 Å². The third-order valence-corrected chi connectivity index (χ3v) is 6.11. The van der Waals surface area contributed by atoms with Gasteiger partial charge in [-0.05, 0) is 60.4 Å². The van der Waals surface area contributed by atoms with Crippen molar-refractivity contribution in [2.75, 3.05) is 7.11 Å². The van der Waals surface area contributed by atoms with Crippen LogP contribution in [0.15, 0.2) is 72.7 Å². The lowest BCUT2D eigenvalue weighted by atomic mass is 9.97. The van der Waals surface area contributed by atoms with Crippen LogP contribution in [0.25, 0.3) is 16.8 Å². The van der Waals surface area contributed by atoms with Crippen molar-refractivity contribution in [3.8, 4) is 0 Å². The van der Waals surface area contributed by atoms with Crippen molar-refractivity contribution in [3.63, 3.8) is 0 Å². The molecule has 0 unspecified atom stereocenters. The number of carbonyl (C=O) groups is 3. The van der Waals surface area contributed by atoms with E-state index in [4.69, 9.17) is 4.74 Å². The summed E-state index contributed by atoms with van der Waals surface area (Å²) in [6, 6.07) is 17.2. The van der Waals surface area contributed by atoms with Gasteiger partial charge in [0.15, 0.2) is 0 Å². The molecule has 1 atom stereocenters. The Bertz CT molecular complexity index is 1480. The van der Waals surface area contributed by atoms with Crippen LogP contribution >= 0.6 is 0 Å². The highest BCUT2D eigenvalue weighted by Gasteiger charge is 2.21. The van der Waals surface area contributed by atoms with Crippen molar-refractivity contribution >= 4 is 34.6 Å². The first kappa shape index (κ1) is 25.4. The second kappa shape index (κ2) is 10.9. The van der Waals surface area contributed by atoms with Crippen molar-refractivity contribution in [2.45, 2.75) is 26.8 Å². The molecule has 1 aromatic heterocycles. The molecular formula is C29H28N4O4. The summed E-state index contributed by atoms with van der Waals surface area (Å²) < 4.78 is 4.79. The summed E-state index contributed by atoms with van der Waals surface area (Å²) in [5.41, 5.74) is 2.97. The highest BCUT2D eigenvalue weighted by molar-refractivity contribution is 6.05. The molecule has 2 amide bonds. The number of aromatic nitrogens is 2. The van der Waals surface area contributed by atoms with Crippen LogP contribution in [0, 0.1) is 13.8 Å². The molecule has 3 N–H and O–H groups in total. The largest absolute Gasteiger partial charge is 0.464 e. The van der Waals surface area contributed by atoms with Crippen molar-refractivity contribution in [2.24, 2.45) is 0 Å². The fraction of sp³-hybridized carbons (Fsp3) is 0.172. The summed E-state index contributed by atoms with van der Waals surface area (Å²) in [7, 11) is 1.23. The van der Waals surface area contributed by atoms with Crippen LogP contribution < -0.4 is 10.6 Å². The number of carbonyl (C=O) groups excluding carboxylic acids is 3. The average Bonchev–Trinajstić information content (AvgIpc) is 3.40. The number of aromatic amines is 1. The van der Waals surface area contributed by atoms with E-state index in [0.29, 0.717) is 28.1 Å². The van der Waals surface area contributed by atoms with Crippen molar-refractivity contribution < 1.29 is 19.1 Å². The molecule has 4 aromatic rings. The van der Waals surface area contributed by atoms with Gasteiger partial charge in [-0.2, -0.15) is 0 Å². The molecular weight excluding hydrogens is 468 g/mol. The van der Waals surface area contributed by atoms with E-state index in [1.165, 1.54) is 19.4 Å². The number of rotatable bonds is 7. The number of benzene rings is 3. The molecule has 188 valence electrons. The number of aryl methyl sites for hydroxylation is 2. The molecule has 0 saturated carbocycles. The molecule has 0 saturated heterocycles. The lowest BCUT2D eigenvalue weighted by Crippen LogP contribution is -2.30. The quantitative estimate of drug-likeness (QED) is 0.255. The van der Waals surface area contributed by atoms with Crippen molar-refractivity contribution in [1.29, 1.82) is 0 Å². The molecule has 0 bridgehead atoms. The molecule has 3 aromatic carbocycles. The SMILES string of the molecule is COC(=O)C(=Cc1ncc[nH]1)NC(=O)c1c(C)cc(C(=O)N[C@H](C)c2cccc3ccccc23)cc1C. The summed E-state index contributed by atoms with van der Waals surface area (Å²) in [5, 5.41) is 7.87. The zero-order valence-electron chi connectivity index (χ0n) is 21.1. The molecule has 37 heavy (non-hydrogen) atoms. The summed E-state index contributed by atoms with van der Waals surface area (Å²) in [4.78, 5) is 45.4. The molecule has 0 aliphatic carbocycles. The Balaban J connectivity index is 1.55. The van der Waals surface area contributed by atoms with Crippen LogP contribution in [-0.2, 0) is 9.53 Å². The number of nitrogens with one attached hydrogen (secondary N) is 3. The average molecular weight is 497 g/mol. The van der Waals surface area contributed by atoms with Crippen LogP contribution in [-0.4, -0.2) is 34.9 Å². The van der Waals surface area contributed by atoms with Crippen LogP contribution in [0.4, 0.5) is 0 Å². The normalized spacial score (nSPS) is 12.2. The number of ether oxygens (including phenoxy) is 1. The molecule has 4 rings (SSSR count). The van der Waals surface area contributed by atoms with Gasteiger partial charge in [-0.25, -0.2) is 9.78 Å². The highest BCUT2D eigenvalue weighted by Crippen LogP contribution is 2.25. The molecule has 0 aliphatic heterocycles. The first-order chi connectivity index (χ1) is 17.8. The van der Waals surface area contributed by atoms with Gasteiger partial charge in [-0.1, -0.05) is 42.5 Å².